The Morgan fingerprint density at radius 3 is 2.92 bits per heavy atom. The number of thiazole rings is 1. The fourth-order valence-corrected chi connectivity index (χ4v) is 3.96. The van der Waals surface area contributed by atoms with Gasteiger partial charge in [0, 0.05) is 22.1 Å². The topological polar surface area (TPSA) is 12.9 Å². The molecule has 0 radical (unpaired) electrons. The Bertz CT molecular complexity index is 268. The van der Waals surface area contributed by atoms with Crippen LogP contribution in [-0.4, -0.2) is 10.2 Å². The molecule has 1 heterocycles. The second-order valence-corrected chi connectivity index (χ2v) is 6.28. The Morgan fingerprint density at radius 2 is 2.31 bits per heavy atom. The Labute approximate surface area is 91.9 Å². The Balaban J connectivity index is 1.78. The molecule has 0 spiro atoms. The molecule has 0 amide bonds. The molecule has 1 aliphatic carbocycles. The fraction of sp³-hybridized carbons (Fsp3) is 0.667. The first-order valence-electron chi connectivity index (χ1n) is 4.56. The van der Waals surface area contributed by atoms with Gasteiger partial charge < -0.3 is 0 Å². The van der Waals surface area contributed by atoms with Gasteiger partial charge in [0.2, 0.25) is 0 Å². The van der Waals surface area contributed by atoms with Crippen LogP contribution in [0.1, 0.15) is 30.6 Å². The summed E-state index contributed by atoms with van der Waals surface area (Å²) in [6, 6.07) is 0. The van der Waals surface area contributed by atoms with E-state index in [-0.39, 0.29) is 0 Å². The smallest absolute Gasteiger partial charge is 0.183 e. The lowest BCUT2D eigenvalue weighted by molar-refractivity contribution is 0.886. The predicted octanol–water partition coefficient (Wildman–Crippen LogP) is 3.97. The van der Waals surface area contributed by atoms with Gasteiger partial charge in [-0.05, 0) is 12.8 Å². The van der Waals surface area contributed by atoms with E-state index < -0.39 is 0 Å². The van der Waals surface area contributed by atoms with Gasteiger partial charge in [0.05, 0.1) is 0 Å². The van der Waals surface area contributed by atoms with E-state index in [0.717, 1.165) is 11.0 Å². The van der Waals surface area contributed by atoms with E-state index in [2.05, 4.69) is 16.7 Å². The molecule has 0 bridgehead atoms. The molecule has 4 heteroatoms. The monoisotopic (exact) mass is 233 g/mol. The van der Waals surface area contributed by atoms with Crippen LogP contribution in [0, 0.1) is 0 Å². The molecule has 2 rings (SSSR count). The maximum atomic E-state index is 5.75. The van der Waals surface area contributed by atoms with Gasteiger partial charge in [-0.1, -0.05) is 24.4 Å². The molecule has 0 N–H and O–H groups in total. The lowest BCUT2D eigenvalue weighted by Crippen LogP contribution is -1.93. The minimum Gasteiger partial charge on any atom is -0.233 e. The van der Waals surface area contributed by atoms with Crippen LogP contribution >= 0.6 is 34.7 Å². The maximum Gasteiger partial charge on any atom is 0.183 e. The summed E-state index contributed by atoms with van der Waals surface area (Å²) in [5, 5.41) is 0.890. The van der Waals surface area contributed by atoms with E-state index in [1.807, 2.05) is 6.20 Å². The molecule has 0 unspecified atom stereocenters. The summed E-state index contributed by atoms with van der Waals surface area (Å²) in [6.07, 6.45) is 7.53. The van der Waals surface area contributed by atoms with E-state index in [0.29, 0.717) is 4.47 Å². The second-order valence-electron chi connectivity index (χ2n) is 3.30. The summed E-state index contributed by atoms with van der Waals surface area (Å²) in [6.45, 7) is 0. The molecule has 1 aromatic heterocycles. The molecule has 72 valence electrons. The first-order chi connectivity index (χ1) is 6.34. The summed E-state index contributed by atoms with van der Waals surface area (Å²) < 4.78 is 0.669. The van der Waals surface area contributed by atoms with Crippen molar-refractivity contribution < 1.29 is 0 Å². The normalized spacial score (nSPS) is 18.2. The largest absolute Gasteiger partial charge is 0.233 e. The van der Waals surface area contributed by atoms with Crippen molar-refractivity contribution in [3.8, 4) is 0 Å². The summed E-state index contributed by atoms with van der Waals surface area (Å²) >= 11 is 9.42. The quantitative estimate of drug-likeness (QED) is 0.784. The number of aromatic nitrogens is 1. The highest BCUT2D eigenvalue weighted by molar-refractivity contribution is 7.99. The summed E-state index contributed by atoms with van der Waals surface area (Å²) in [7, 11) is 0. The molecular formula is C9H12ClNS2. The number of rotatable bonds is 3. The molecule has 0 atom stereocenters. The highest BCUT2D eigenvalue weighted by Gasteiger charge is 2.15. The summed E-state index contributed by atoms with van der Waals surface area (Å²) in [5.74, 6) is 1.09. The zero-order valence-corrected chi connectivity index (χ0v) is 9.72. The number of hydrogen-bond acceptors (Lipinski definition) is 3. The first kappa shape index (κ1) is 9.81. The molecule has 1 saturated carbocycles. The average molecular weight is 234 g/mol. The Kier molecular flexibility index (Phi) is 3.52. The van der Waals surface area contributed by atoms with Gasteiger partial charge in [-0.3, -0.25) is 0 Å². The van der Waals surface area contributed by atoms with Gasteiger partial charge in [-0.15, -0.1) is 11.3 Å². The Hall–Kier alpha value is 0.270. The lowest BCUT2D eigenvalue weighted by Gasteiger charge is -2.05. The van der Waals surface area contributed by atoms with E-state index in [4.69, 9.17) is 11.6 Å². The number of halogens is 1. The third-order valence-corrected chi connectivity index (χ3v) is 5.01. The third kappa shape index (κ3) is 2.86. The van der Waals surface area contributed by atoms with Crippen LogP contribution in [0.4, 0.5) is 0 Å². The van der Waals surface area contributed by atoms with Gasteiger partial charge >= 0.3 is 0 Å². The van der Waals surface area contributed by atoms with E-state index in [1.165, 1.54) is 30.6 Å². The van der Waals surface area contributed by atoms with Crippen molar-refractivity contribution in [1.29, 1.82) is 0 Å². The van der Waals surface area contributed by atoms with E-state index in [9.17, 15) is 0 Å². The summed E-state index contributed by atoms with van der Waals surface area (Å²) in [5.41, 5.74) is 0. The summed E-state index contributed by atoms with van der Waals surface area (Å²) in [4.78, 5) is 5.34. The van der Waals surface area contributed by atoms with Crippen LogP contribution in [0.2, 0.25) is 4.47 Å². The van der Waals surface area contributed by atoms with Gasteiger partial charge in [-0.2, -0.15) is 11.8 Å². The molecule has 1 aliphatic rings. The zero-order valence-electron chi connectivity index (χ0n) is 7.33. The highest BCUT2D eigenvalue weighted by atomic mass is 35.5. The molecular weight excluding hydrogens is 222 g/mol. The van der Waals surface area contributed by atoms with Gasteiger partial charge in [0.15, 0.2) is 4.47 Å². The van der Waals surface area contributed by atoms with Gasteiger partial charge in [0.1, 0.15) is 0 Å². The van der Waals surface area contributed by atoms with Crippen LogP contribution in [-0.2, 0) is 5.75 Å². The lowest BCUT2D eigenvalue weighted by atomic mass is 10.4. The second kappa shape index (κ2) is 4.67. The molecule has 0 saturated heterocycles. The molecule has 0 aromatic carbocycles. The van der Waals surface area contributed by atoms with Gasteiger partial charge in [0.25, 0.3) is 0 Å². The van der Waals surface area contributed by atoms with Crippen LogP contribution < -0.4 is 0 Å². The molecule has 1 fully saturated rings. The van der Waals surface area contributed by atoms with E-state index in [1.54, 1.807) is 11.3 Å². The minimum absolute atomic E-state index is 0.669. The fourth-order valence-electron chi connectivity index (χ4n) is 1.61. The molecule has 13 heavy (non-hydrogen) atoms. The number of thioether (sulfide) groups is 1. The van der Waals surface area contributed by atoms with Crippen molar-refractivity contribution in [2.45, 2.75) is 36.7 Å². The third-order valence-electron chi connectivity index (χ3n) is 2.29. The van der Waals surface area contributed by atoms with Crippen LogP contribution in [0.3, 0.4) is 0 Å². The van der Waals surface area contributed by atoms with Crippen molar-refractivity contribution in [2.24, 2.45) is 0 Å². The SMILES string of the molecule is Clc1ncc(CSC2CCCC2)s1. The molecule has 1 aromatic rings. The predicted molar refractivity (Wildman–Crippen MR) is 60.7 cm³/mol. The highest BCUT2D eigenvalue weighted by Crippen LogP contribution is 2.33. The zero-order chi connectivity index (χ0) is 9.10. The molecule has 0 aliphatic heterocycles. The average Bonchev–Trinajstić information content (AvgIpc) is 2.71. The first-order valence-corrected chi connectivity index (χ1v) is 6.81. The van der Waals surface area contributed by atoms with Crippen LogP contribution in [0.15, 0.2) is 6.20 Å². The Morgan fingerprint density at radius 1 is 1.54 bits per heavy atom. The number of nitrogens with zero attached hydrogens (tertiary/aromatic N) is 1. The van der Waals surface area contributed by atoms with E-state index >= 15 is 0 Å². The van der Waals surface area contributed by atoms with Gasteiger partial charge in [-0.25, -0.2) is 4.98 Å². The van der Waals surface area contributed by atoms with Crippen molar-refractivity contribution in [3.63, 3.8) is 0 Å². The minimum atomic E-state index is 0.669. The standard InChI is InChI=1S/C9H12ClNS2/c10-9-11-5-8(13-9)6-12-7-3-1-2-4-7/h5,7H,1-4,6H2. The molecule has 1 nitrogen and oxygen atoms in total. The van der Waals surface area contributed by atoms with Crippen molar-refractivity contribution in [1.82, 2.24) is 4.98 Å². The van der Waals surface area contributed by atoms with Crippen LogP contribution in [0.25, 0.3) is 0 Å². The van der Waals surface area contributed by atoms with Crippen LogP contribution in [0.5, 0.6) is 0 Å². The maximum absolute atomic E-state index is 5.75. The van der Waals surface area contributed by atoms with Crippen molar-refractivity contribution in [3.05, 3.63) is 15.5 Å². The number of hydrogen-bond donors (Lipinski definition) is 0. The van der Waals surface area contributed by atoms with Crippen molar-refractivity contribution in [2.75, 3.05) is 0 Å². The van der Waals surface area contributed by atoms with Crippen molar-refractivity contribution >= 4 is 34.7 Å².